The summed E-state index contributed by atoms with van der Waals surface area (Å²) in [6.45, 7) is 2.02. The van der Waals surface area contributed by atoms with Gasteiger partial charge in [-0.1, -0.05) is 76.1 Å². The number of benzene rings is 4. The molecular weight excluding hydrogens is 610 g/mol. The van der Waals surface area contributed by atoms with E-state index in [1.54, 1.807) is 36.4 Å². The van der Waals surface area contributed by atoms with Crippen molar-refractivity contribution in [3.63, 3.8) is 0 Å². The van der Waals surface area contributed by atoms with E-state index in [9.17, 15) is 9.59 Å². The number of aromatic nitrogens is 1. The molecule has 1 heterocycles. The largest absolute Gasteiger partial charge is 0.421 e. The molecule has 0 aliphatic heterocycles. The summed E-state index contributed by atoms with van der Waals surface area (Å²) in [5.41, 5.74) is 7.60. The fourth-order valence-corrected chi connectivity index (χ4v) is 5.45. The van der Waals surface area contributed by atoms with Crippen LogP contribution in [0.4, 0.5) is 0 Å². The van der Waals surface area contributed by atoms with E-state index in [1.165, 1.54) is 6.21 Å². The molecule has 1 aromatic heterocycles. The number of rotatable bonds is 6. The van der Waals surface area contributed by atoms with Gasteiger partial charge in [0, 0.05) is 26.5 Å². The molecule has 0 aliphatic rings. The van der Waals surface area contributed by atoms with Crippen LogP contribution in [0.3, 0.4) is 0 Å². The maximum absolute atomic E-state index is 13.3. The summed E-state index contributed by atoms with van der Waals surface area (Å²) in [5.74, 6) is -0.620. The van der Waals surface area contributed by atoms with E-state index in [-0.39, 0.29) is 5.75 Å². The molecule has 0 atom stereocenters. The lowest BCUT2D eigenvalue weighted by molar-refractivity contribution is 0.0733. The lowest BCUT2D eigenvalue weighted by Gasteiger charge is -2.10. The minimum Gasteiger partial charge on any atom is -0.421 e. The monoisotopic (exact) mass is 629 g/mol. The Morgan fingerprint density at radius 2 is 1.63 bits per heavy atom. The van der Waals surface area contributed by atoms with E-state index < -0.39 is 11.9 Å². The average Bonchev–Trinajstić information content (AvgIpc) is 3.30. The Morgan fingerprint density at radius 3 is 2.37 bits per heavy atom. The van der Waals surface area contributed by atoms with Crippen molar-refractivity contribution in [2.75, 3.05) is 0 Å². The van der Waals surface area contributed by atoms with Gasteiger partial charge >= 0.3 is 5.97 Å². The maximum Gasteiger partial charge on any atom is 0.343 e. The number of esters is 1. The van der Waals surface area contributed by atoms with Crippen LogP contribution in [-0.2, 0) is 0 Å². The molecule has 188 valence electrons. The molecule has 38 heavy (non-hydrogen) atoms. The highest BCUT2D eigenvalue weighted by Gasteiger charge is 2.20. The highest BCUT2D eigenvalue weighted by atomic mass is 79.9. The van der Waals surface area contributed by atoms with Gasteiger partial charge in [0.05, 0.1) is 16.3 Å². The third-order valence-electron chi connectivity index (χ3n) is 5.85. The van der Waals surface area contributed by atoms with Gasteiger partial charge in [-0.2, -0.15) is 5.10 Å². The minimum atomic E-state index is -0.506. The number of nitrogens with one attached hydrogen (secondary N) is 2. The first-order valence-corrected chi connectivity index (χ1v) is 13.3. The van der Waals surface area contributed by atoms with Crippen LogP contribution in [-0.4, -0.2) is 23.1 Å². The normalized spacial score (nSPS) is 11.1. The fraction of sp³-hybridized carbons (Fsp3) is 0.0333. The molecule has 5 aromatic rings. The summed E-state index contributed by atoms with van der Waals surface area (Å²) < 4.78 is 6.97. The lowest BCUT2D eigenvalue weighted by Crippen LogP contribution is -2.19. The van der Waals surface area contributed by atoms with Crippen LogP contribution in [0.5, 0.6) is 5.75 Å². The number of amides is 1. The van der Waals surface area contributed by atoms with Crippen molar-refractivity contribution >= 4 is 60.9 Å². The number of nitrogens with zero attached hydrogens (tertiary/aromatic N) is 1. The van der Waals surface area contributed by atoms with Gasteiger partial charge in [-0.25, -0.2) is 10.2 Å². The zero-order valence-corrected chi connectivity index (χ0v) is 23.3. The fourth-order valence-electron chi connectivity index (χ4n) is 4.11. The van der Waals surface area contributed by atoms with Gasteiger partial charge in [0.2, 0.25) is 0 Å². The zero-order valence-electron chi connectivity index (χ0n) is 20.2. The molecule has 0 saturated heterocycles. The smallest absolute Gasteiger partial charge is 0.343 e. The Hall–Kier alpha value is -4.01. The third-order valence-corrected chi connectivity index (χ3v) is 6.90. The molecule has 5 rings (SSSR count). The Bertz CT molecular complexity index is 1680. The van der Waals surface area contributed by atoms with Gasteiger partial charge in [-0.15, -0.1) is 0 Å². The summed E-state index contributed by atoms with van der Waals surface area (Å²) >= 11 is 6.91. The van der Waals surface area contributed by atoms with Gasteiger partial charge in [0.25, 0.3) is 5.91 Å². The Kier molecular flexibility index (Phi) is 7.53. The molecule has 0 fully saturated rings. The topological polar surface area (TPSA) is 83.6 Å². The maximum atomic E-state index is 13.3. The number of aromatic amines is 1. The highest BCUT2D eigenvalue weighted by molar-refractivity contribution is 9.11. The van der Waals surface area contributed by atoms with E-state index in [4.69, 9.17) is 4.74 Å². The molecule has 6 nitrogen and oxygen atoms in total. The number of hydrogen-bond donors (Lipinski definition) is 2. The summed E-state index contributed by atoms with van der Waals surface area (Å²) in [5, 5.41) is 5.14. The number of halogens is 2. The van der Waals surface area contributed by atoms with Crippen LogP contribution in [0, 0.1) is 6.92 Å². The number of fused-ring (bicyclic) bond motifs is 1. The second-order valence-electron chi connectivity index (χ2n) is 8.55. The van der Waals surface area contributed by atoms with Crippen molar-refractivity contribution in [1.82, 2.24) is 10.4 Å². The van der Waals surface area contributed by atoms with Gasteiger partial charge in [0.1, 0.15) is 5.69 Å². The van der Waals surface area contributed by atoms with E-state index >= 15 is 0 Å². The molecular formula is C30H21Br2N3O3. The van der Waals surface area contributed by atoms with E-state index in [0.717, 1.165) is 32.1 Å². The first kappa shape index (κ1) is 25.6. The van der Waals surface area contributed by atoms with Gasteiger partial charge in [0.15, 0.2) is 5.75 Å². The molecule has 0 saturated carbocycles. The zero-order chi connectivity index (χ0) is 26.6. The highest BCUT2D eigenvalue weighted by Crippen LogP contribution is 2.34. The SMILES string of the molecule is Cc1ccc2[nH]c(C(=O)NN=Cc3cc(Br)cc(Br)c3OC(=O)c3ccccc3)c(-c3ccccc3)c2c1. The average molecular weight is 631 g/mol. The summed E-state index contributed by atoms with van der Waals surface area (Å²) in [4.78, 5) is 29.2. The number of carbonyl (C=O) groups excluding carboxylic acids is 2. The second-order valence-corrected chi connectivity index (χ2v) is 10.3. The Balaban J connectivity index is 1.44. The molecule has 8 heteroatoms. The van der Waals surface area contributed by atoms with Crippen LogP contribution >= 0.6 is 31.9 Å². The quantitative estimate of drug-likeness (QED) is 0.0875. The molecule has 0 bridgehead atoms. The van der Waals surface area contributed by atoms with Crippen molar-refractivity contribution < 1.29 is 14.3 Å². The summed E-state index contributed by atoms with van der Waals surface area (Å²) in [6.07, 6.45) is 1.44. The Labute approximate surface area is 236 Å². The van der Waals surface area contributed by atoms with Crippen molar-refractivity contribution in [1.29, 1.82) is 0 Å². The standard InChI is InChI=1S/C30H21Br2N3O3/c1-18-12-13-25-23(14-18)26(19-8-4-2-5-9-19)27(34-25)29(36)35-33-17-21-15-22(31)16-24(32)28(21)38-30(37)20-10-6-3-7-11-20/h2-17,34H,1H3,(H,35,36). The molecule has 2 N–H and O–H groups in total. The van der Waals surface area contributed by atoms with Crippen molar-refractivity contribution in [3.8, 4) is 16.9 Å². The number of ether oxygens (including phenoxy) is 1. The summed E-state index contributed by atoms with van der Waals surface area (Å²) in [6, 6.07) is 28.0. The van der Waals surface area contributed by atoms with Crippen LogP contribution in [0.25, 0.3) is 22.0 Å². The molecule has 0 radical (unpaired) electrons. The van der Waals surface area contributed by atoms with Crippen LogP contribution in [0.1, 0.15) is 32.0 Å². The van der Waals surface area contributed by atoms with Gasteiger partial charge in [-0.3, -0.25) is 4.79 Å². The van der Waals surface area contributed by atoms with Crippen molar-refractivity contribution in [2.45, 2.75) is 6.92 Å². The first-order chi connectivity index (χ1) is 18.4. The van der Waals surface area contributed by atoms with Crippen molar-refractivity contribution in [2.24, 2.45) is 5.10 Å². The number of aryl methyl sites for hydroxylation is 1. The Morgan fingerprint density at radius 1 is 0.921 bits per heavy atom. The predicted molar refractivity (Wildman–Crippen MR) is 157 cm³/mol. The first-order valence-electron chi connectivity index (χ1n) is 11.7. The van der Waals surface area contributed by atoms with Crippen LogP contribution in [0.15, 0.2) is 105 Å². The molecule has 0 unspecified atom stereocenters. The van der Waals surface area contributed by atoms with E-state index in [1.807, 2.05) is 55.5 Å². The van der Waals surface area contributed by atoms with E-state index in [2.05, 4.69) is 53.4 Å². The summed E-state index contributed by atoms with van der Waals surface area (Å²) in [7, 11) is 0. The minimum absolute atomic E-state index is 0.283. The van der Waals surface area contributed by atoms with Gasteiger partial charge < -0.3 is 9.72 Å². The van der Waals surface area contributed by atoms with E-state index in [0.29, 0.717) is 21.3 Å². The lowest BCUT2D eigenvalue weighted by atomic mass is 10.0. The van der Waals surface area contributed by atoms with Gasteiger partial charge in [-0.05, 0) is 64.8 Å². The van der Waals surface area contributed by atoms with Crippen LogP contribution < -0.4 is 10.2 Å². The van der Waals surface area contributed by atoms with Crippen molar-refractivity contribution in [3.05, 3.63) is 122 Å². The number of hydrogen-bond acceptors (Lipinski definition) is 4. The predicted octanol–water partition coefficient (Wildman–Crippen LogP) is 7.65. The number of carbonyl (C=O) groups is 2. The molecule has 4 aromatic carbocycles. The number of H-pyrrole nitrogens is 1. The molecule has 0 spiro atoms. The molecule has 0 aliphatic carbocycles. The van der Waals surface area contributed by atoms with Crippen LogP contribution in [0.2, 0.25) is 0 Å². The second kappa shape index (κ2) is 11.2. The third kappa shape index (κ3) is 5.46. The molecule has 1 amide bonds. The number of hydrazone groups is 1.